The number of benzene rings is 1. The number of halogens is 1. The molecule has 0 unspecified atom stereocenters. The Morgan fingerprint density at radius 2 is 1.90 bits per heavy atom. The maximum absolute atomic E-state index is 12.4. The van der Waals surface area contributed by atoms with Crippen LogP contribution in [0, 0.1) is 0 Å². The Morgan fingerprint density at radius 3 is 2.48 bits per heavy atom. The van der Waals surface area contributed by atoms with Gasteiger partial charge in [0.15, 0.2) is 15.8 Å². The summed E-state index contributed by atoms with van der Waals surface area (Å²) in [6.07, 6.45) is 0.846. The maximum Gasteiger partial charge on any atom is 0.205 e. The number of nitrogens with one attached hydrogen (secondary N) is 1. The van der Waals surface area contributed by atoms with Gasteiger partial charge >= 0.3 is 0 Å². The molecular formula is C18H27IN6O2S2. The molecule has 0 saturated carbocycles. The first kappa shape index (κ1) is 23.8. The van der Waals surface area contributed by atoms with Crippen molar-refractivity contribution in [1.82, 2.24) is 19.6 Å². The van der Waals surface area contributed by atoms with Crippen LogP contribution >= 0.6 is 35.5 Å². The lowest BCUT2D eigenvalue weighted by atomic mass is 10.3. The molecule has 1 aromatic heterocycles. The summed E-state index contributed by atoms with van der Waals surface area (Å²) >= 11 is 1.44. The van der Waals surface area contributed by atoms with Crippen molar-refractivity contribution in [3.63, 3.8) is 0 Å². The molecule has 1 aromatic carbocycles. The lowest BCUT2D eigenvalue weighted by molar-refractivity contribution is 0.373. The van der Waals surface area contributed by atoms with Gasteiger partial charge in [-0.25, -0.2) is 13.4 Å². The highest BCUT2D eigenvalue weighted by atomic mass is 127. The number of hydrogen-bond acceptors (Lipinski definition) is 7. The Hall–Kier alpha value is -1.47. The topological polar surface area (TPSA) is 90.8 Å². The smallest absolute Gasteiger partial charge is 0.205 e. The Labute approximate surface area is 193 Å². The molecule has 1 saturated heterocycles. The summed E-state index contributed by atoms with van der Waals surface area (Å²) < 4.78 is 29.1. The number of guanidine groups is 1. The molecule has 29 heavy (non-hydrogen) atoms. The van der Waals surface area contributed by atoms with Crippen molar-refractivity contribution in [1.29, 1.82) is 0 Å². The molecule has 2 aromatic rings. The zero-order valence-corrected chi connectivity index (χ0v) is 20.6. The monoisotopic (exact) mass is 550 g/mol. The molecule has 0 aliphatic carbocycles. The SMILES string of the molecule is CCc1nsc(N2CCN(C(=NC)NCCS(=O)(=O)c3ccccc3)CC2)n1.I. The zero-order valence-electron chi connectivity index (χ0n) is 16.6. The Balaban J connectivity index is 0.00000300. The van der Waals surface area contributed by atoms with Crippen molar-refractivity contribution in [3.8, 4) is 0 Å². The van der Waals surface area contributed by atoms with Crippen LogP contribution in [-0.2, 0) is 16.3 Å². The van der Waals surface area contributed by atoms with Crippen LogP contribution in [0.4, 0.5) is 5.13 Å². The molecule has 1 fully saturated rings. The molecule has 1 N–H and O–H groups in total. The van der Waals surface area contributed by atoms with Gasteiger partial charge in [-0.1, -0.05) is 25.1 Å². The third-order valence-corrected chi connectivity index (χ3v) is 7.14. The third-order valence-electron chi connectivity index (χ3n) is 4.59. The van der Waals surface area contributed by atoms with Crippen LogP contribution in [0.2, 0.25) is 0 Å². The normalized spacial score (nSPS) is 15.2. The summed E-state index contributed by atoms with van der Waals surface area (Å²) in [7, 11) is -1.58. The molecule has 0 amide bonds. The van der Waals surface area contributed by atoms with Crippen LogP contribution in [0.25, 0.3) is 0 Å². The summed E-state index contributed by atoms with van der Waals surface area (Å²) in [5.41, 5.74) is 0. The van der Waals surface area contributed by atoms with E-state index in [4.69, 9.17) is 0 Å². The fourth-order valence-corrected chi connectivity index (χ4v) is 4.98. The largest absolute Gasteiger partial charge is 0.355 e. The number of aliphatic imine (C=N–C) groups is 1. The van der Waals surface area contributed by atoms with Crippen molar-refractivity contribution in [3.05, 3.63) is 36.2 Å². The fraction of sp³-hybridized carbons (Fsp3) is 0.500. The lowest BCUT2D eigenvalue weighted by Gasteiger charge is -2.36. The molecule has 0 radical (unpaired) electrons. The average molecular weight is 550 g/mol. The molecule has 160 valence electrons. The Bertz CT molecular complexity index is 896. The lowest BCUT2D eigenvalue weighted by Crippen LogP contribution is -2.53. The van der Waals surface area contributed by atoms with Crippen molar-refractivity contribution >= 4 is 56.4 Å². The first-order chi connectivity index (χ1) is 13.5. The Kier molecular flexibility index (Phi) is 9.08. The number of rotatable bonds is 6. The van der Waals surface area contributed by atoms with E-state index in [2.05, 4.69) is 36.4 Å². The number of nitrogens with zero attached hydrogens (tertiary/aromatic N) is 5. The standard InChI is InChI=1S/C18H26N6O2S2.HI/c1-3-16-21-18(27-22-16)24-12-10-23(11-13-24)17(19-2)20-9-14-28(25,26)15-7-5-4-6-8-15;/h4-8H,3,9-14H2,1-2H3,(H,19,20);1H. The highest BCUT2D eigenvalue weighted by molar-refractivity contribution is 14.0. The summed E-state index contributed by atoms with van der Waals surface area (Å²) in [5, 5.41) is 4.15. The van der Waals surface area contributed by atoms with Crippen LogP contribution < -0.4 is 10.2 Å². The molecular weight excluding hydrogens is 523 g/mol. The van der Waals surface area contributed by atoms with E-state index in [1.54, 1.807) is 31.3 Å². The van der Waals surface area contributed by atoms with Gasteiger partial charge in [0.1, 0.15) is 5.82 Å². The summed E-state index contributed by atoms with van der Waals surface area (Å²) in [4.78, 5) is 13.6. The highest BCUT2D eigenvalue weighted by Gasteiger charge is 2.22. The van der Waals surface area contributed by atoms with Crippen LogP contribution in [-0.4, -0.2) is 74.2 Å². The van der Waals surface area contributed by atoms with Crippen LogP contribution in [0.3, 0.4) is 0 Å². The summed E-state index contributed by atoms with van der Waals surface area (Å²) in [6.45, 7) is 5.64. The Morgan fingerprint density at radius 1 is 1.21 bits per heavy atom. The van der Waals surface area contributed by atoms with Crippen LogP contribution in [0.15, 0.2) is 40.2 Å². The second kappa shape index (κ2) is 11.1. The fourth-order valence-electron chi connectivity index (χ4n) is 3.00. The van der Waals surface area contributed by atoms with Gasteiger partial charge < -0.3 is 15.1 Å². The van der Waals surface area contributed by atoms with Crippen molar-refractivity contribution in [2.75, 3.05) is 50.4 Å². The third kappa shape index (κ3) is 6.25. The quantitative estimate of drug-likeness (QED) is 0.334. The second-order valence-electron chi connectivity index (χ2n) is 6.43. The molecule has 1 aliphatic heterocycles. The minimum absolute atomic E-state index is 0. The van der Waals surface area contributed by atoms with E-state index < -0.39 is 9.84 Å². The minimum Gasteiger partial charge on any atom is -0.355 e. The summed E-state index contributed by atoms with van der Waals surface area (Å²) in [6, 6.07) is 8.53. The van der Waals surface area contributed by atoms with Crippen LogP contribution in [0.1, 0.15) is 12.7 Å². The molecule has 1 aliphatic rings. The minimum atomic E-state index is -3.30. The molecule has 11 heteroatoms. The predicted molar refractivity (Wildman–Crippen MR) is 128 cm³/mol. The molecule has 0 bridgehead atoms. The predicted octanol–water partition coefficient (Wildman–Crippen LogP) is 1.89. The van der Waals surface area contributed by atoms with E-state index in [0.717, 1.165) is 49.5 Å². The number of hydrogen-bond donors (Lipinski definition) is 1. The molecule has 0 spiro atoms. The molecule has 8 nitrogen and oxygen atoms in total. The second-order valence-corrected chi connectivity index (χ2v) is 9.27. The number of piperazine rings is 1. The first-order valence-corrected chi connectivity index (χ1v) is 11.8. The van der Waals surface area contributed by atoms with Gasteiger partial charge in [-0.05, 0) is 12.1 Å². The van der Waals surface area contributed by atoms with E-state index in [1.165, 1.54) is 11.5 Å². The van der Waals surface area contributed by atoms with E-state index in [1.807, 2.05) is 6.07 Å². The molecule has 0 atom stereocenters. The van der Waals surface area contributed by atoms with Gasteiger partial charge in [0.25, 0.3) is 0 Å². The van der Waals surface area contributed by atoms with Gasteiger partial charge in [-0.3, -0.25) is 4.99 Å². The molecule has 2 heterocycles. The van der Waals surface area contributed by atoms with Crippen molar-refractivity contribution < 1.29 is 8.42 Å². The van der Waals surface area contributed by atoms with Gasteiger partial charge in [0, 0.05) is 57.7 Å². The van der Waals surface area contributed by atoms with Gasteiger partial charge in [-0.2, -0.15) is 4.37 Å². The van der Waals surface area contributed by atoms with Crippen LogP contribution in [0.5, 0.6) is 0 Å². The average Bonchev–Trinajstić information content (AvgIpc) is 3.21. The van der Waals surface area contributed by atoms with Gasteiger partial charge in [0.2, 0.25) is 5.13 Å². The maximum atomic E-state index is 12.4. The van der Waals surface area contributed by atoms with Crippen molar-refractivity contribution in [2.24, 2.45) is 4.99 Å². The number of sulfone groups is 1. The number of aromatic nitrogens is 2. The van der Waals surface area contributed by atoms with E-state index >= 15 is 0 Å². The molecule has 3 rings (SSSR count). The zero-order chi connectivity index (χ0) is 20.0. The van der Waals surface area contributed by atoms with E-state index in [9.17, 15) is 8.42 Å². The van der Waals surface area contributed by atoms with E-state index in [0.29, 0.717) is 11.4 Å². The number of anilines is 1. The summed E-state index contributed by atoms with van der Waals surface area (Å²) in [5.74, 6) is 1.65. The highest BCUT2D eigenvalue weighted by Crippen LogP contribution is 2.19. The first-order valence-electron chi connectivity index (χ1n) is 9.34. The van der Waals surface area contributed by atoms with Gasteiger partial charge in [-0.15, -0.1) is 24.0 Å². The van der Waals surface area contributed by atoms with Crippen molar-refractivity contribution in [2.45, 2.75) is 18.2 Å². The van der Waals surface area contributed by atoms with Gasteiger partial charge in [0.05, 0.1) is 10.6 Å². The number of aryl methyl sites for hydroxylation is 1. The van der Waals surface area contributed by atoms with E-state index in [-0.39, 0.29) is 29.7 Å².